The van der Waals surface area contributed by atoms with Crippen molar-refractivity contribution in [3.05, 3.63) is 46.7 Å². The Hall–Kier alpha value is -1.60. The highest BCUT2D eigenvalue weighted by Crippen LogP contribution is 2.33. The van der Waals surface area contributed by atoms with Crippen molar-refractivity contribution in [2.45, 2.75) is 75.5 Å². The molecule has 7 heteroatoms. The molecule has 3 aromatic rings. The molecule has 1 aliphatic rings. The summed E-state index contributed by atoms with van der Waals surface area (Å²) in [5.74, 6) is 2.26. The van der Waals surface area contributed by atoms with E-state index in [4.69, 9.17) is 0 Å². The highest BCUT2D eigenvalue weighted by Gasteiger charge is 2.23. The van der Waals surface area contributed by atoms with Crippen molar-refractivity contribution in [3.8, 4) is 0 Å². The van der Waals surface area contributed by atoms with Gasteiger partial charge in [-0.15, -0.1) is 21.5 Å². The van der Waals surface area contributed by atoms with Gasteiger partial charge in [0.25, 0.3) is 0 Å². The zero-order chi connectivity index (χ0) is 19.0. The van der Waals surface area contributed by atoms with Gasteiger partial charge in [-0.05, 0) is 43.2 Å². The Morgan fingerprint density at radius 3 is 2.79 bits per heavy atom. The van der Waals surface area contributed by atoms with Crippen LogP contribution in [0.2, 0.25) is 0 Å². The summed E-state index contributed by atoms with van der Waals surface area (Å²) in [4.78, 5) is 1.37. The Bertz CT molecular complexity index is 804. The summed E-state index contributed by atoms with van der Waals surface area (Å²) in [6, 6.07) is 6.90. The molecule has 0 bridgehead atoms. The highest BCUT2D eigenvalue weighted by atomic mass is 32.2. The van der Waals surface area contributed by atoms with Crippen LogP contribution in [-0.4, -0.2) is 30.3 Å². The maximum absolute atomic E-state index is 4.60. The molecule has 0 aliphatic heterocycles. The van der Waals surface area contributed by atoms with E-state index in [1.165, 1.54) is 56.2 Å². The number of nitrogens with zero attached hydrogens (tertiary/aromatic N) is 5. The van der Waals surface area contributed by atoms with E-state index in [1.807, 2.05) is 46.2 Å². The third-order valence-corrected chi connectivity index (χ3v) is 7.32. The molecule has 0 spiro atoms. The first-order valence-electron chi connectivity index (χ1n) is 10.5. The molecular weight excluding hydrogens is 386 g/mol. The largest absolute Gasteiger partial charge is 0.303 e. The molecule has 5 nitrogen and oxygen atoms in total. The van der Waals surface area contributed by atoms with Gasteiger partial charge in [-0.3, -0.25) is 4.68 Å². The molecule has 28 heavy (non-hydrogen) atoms. The molecule has 1 saturated carbocycles. The van der Waals surface area contributed by atoms with Crippen LogP contribution in [0.1, 0.15) is 68.1 Å². The smallest absolute Gasteiger partial charge is 0.191 e. The van der Waals surface area contributed by atoms with E-state index in [1.54, 1.807) is 0 Å². The number of unbranched alkanes of at least 4 members (excludes halogenated alkanes) is 2. The molecule has 1 aliphatic carbocycles. The molecule has 0 aromatic carbocycles. The van der Waals surface area contributed by atoms with Crippen molar-refractivity contribution in [2.24, 2.45) is 0 Å². The number of hydrogen-bond donors (Lipinski definition) is 0. The summed E-state index contributed by atoms with van der Waals surface area (Å²) in [5, 5.41) is 16.7. The molecule has 0 saturated heterocycles. The lowest BCUT2D eigenvalue weighted by Gasteiger charge is -2.25. The Morgan fingerprint density at radius 2 is 2.00 bits per heavy atom. The van der Waals surface area contributed by atoms with Crippen LogP contribution in [0.25, 0.3) is 0 Å². The number of thiophene rings is 1. The summed E-state index contributed by atoms with van der Waals surface area (Å²) < 4.78 is 4.50. The standard InChI is InChI=1S/C21H29N5S2/c1-3-9-18(10-4-1)26-20(17-19-11-7-16-27-19)23-24-21(26)28-15-6-2-5-13-25-14-8-12-22-25/h7-8,11-12,14,16,18H,1-6,9-10,13,15,17H2. The summed E-state index contributed by atoms with van der Waals surface area (Å²) in [6.07, 6.45) is 15.0. The molecular formula is C21H29N5S2. The number of thioether (sulfide) groups is 1. The lowest BCUT2D eigenvalue weighted by molar-refractivity contribution is 0.330. The van der Waals surface area contributed by atoms with Crippen LogP contribution < -0.4 is 0 Å². The Labute approximate surface area is 175 Å². The lowest BCUT2D eigenvalue weighted by Crippen LogP contribution is -2.16. The quantitative estimate of drug-likeness (QED) is 0.320. The minimum absolute atomic E-state index is 0.584. The van der Waals surface area contributed by atoms with Crippen molar-refractivity contribution >= 4 is 23.1 Å². The van der Waals surface area contributed by atoms with Crippen LogP contribution in [0.5, 0.6) is 0 Å². The Kier molecular flexibility index (Phi) is 7.22. The van der Waals surface area contributed by atoms with E-state index in [2.05, 4.69) is 37.4 Å². The summed E-state index contributed by atoms with van der Waals surface area (Å²) in [6.45, 7) is 1.01. The molecule has 150 valence electrons. The van der Waals surface area contributed by atoms with Crippen molar-refractivity contribution in [1.29, 1.82) is 0 Å². The Balaban J connectivity index is 1.33. The van der Waals surface area contributed by atoms with Crippen LogP contribution in [0.4, 0.5) is 0 Å². The first-order chi connectivity index (χ1) is 13.9. The van der Waals surface area contributed by atoms with Crippen molar-refractivity contribution < 1.29 is 0 Å². The molecule has 3 heterocycles. The highest BCUT2D eigenvalue weighted by molar-refractivity contribution is 7.99. The van der Waals surface area contributed by atoms with Gasteiger partial charge in [-0.1, -0.05) is 43.5 Å². The normalized spacial score (nSPS) is 15.3. The molecule has 0 atom stereocenters. The number of aromatic nitrogens is 5. The van der Waals surface area contributed by atoms with Crippen LogP contribution in [0.3, 0.4) is 0 Å². The zero-order valence-corrected chi connectivity index (χ0v) is 18.0. The fraction of sp³-hybridized carbons (Fsp3) is 0.571. The predicted molar refractivity (Wildman–Crippen MR) is 116 cm³/mol. The fourth-order valence-corrected chi connectivity index (χ4v) is 5.67. The van der Waals surface area contributed by atoms with Gasteiger partial charge in [0.1, 0.15) is 5.82 Å². The maximum atomic E-state index is 4.60. The zero-order valence-electron chi connectivity index (χ0n) is 16.4. The second-order valence-electron chi connectivity index (χ2n) is 7.50. The number of aryl methyl sites for hydroxylation is 1. The van der Waals surface area contributed by atoms with E-state index in [0.29, 0.717) is 6.04 Å². The second-order valence-corrected chi connectivity index (χ2v) is 9.59. The molecule has 0 N–H and O–H groups in total. The molecule has 1 fully saturated rings. The predicted octanol–water partition coefficient (Wildman–Crippen LogP) is 5.59. The van der Waals surface area contributed by atoms with Gasteiger partial charge in [0.15, 0.2) is 5.16 Å². The molecule has 0 amide bonds. The minimum atomic E-state index is 0.584. The first-order valence-corrected chi connectivity index (χ1v) is 12.3. The van der Waals surface area contributed by atoms with E-state index < -0.39 is 0 Å². The van der Waals surface area contributed by atoms with Crippen LogP contribution >= 0.6 is 23.1 Å². The SMILES string of the molecule is c1csc(Cc2nnc(SCCCCCn3cccn3)n2C2CCCCC2)c1. The maximum Gasteiger partial charge on any atom is 0.191 e. The monoisotopic (exact) mass is 415 g/mol. The number of rotatable bonds is 10. The Morgan fingerprint density at radius 1 is 1.07 bits per heavy atom. The van der Waals surface area contributed by atoms with E-state index in [-0.39, 0.29) is 0 Å². The second kappa shape index (κ2) is 10.3. The molecule has 4 rings (SSSR count). The molecule has 0 radical (unpaired) electrons. The average molecular weight is 416 g/mol. The summed E-state index contributed by atoms with van der Waals surface area (Å²) in [7, 11) is 0. The first kappa shape index (κ1) is 19.7. The van der Waals surface area contributed by atoms with Gasteiger partial charge in [-0.2, -0.15) is 5.10 Å². The van der Waals surface area contributed by atoms with Crippen LogP contribution in [-0.2, 0) is 13.0 Å². The van der Waals surface area contributed by atoms with Gasteiger partial charge in [0, 0.05) is 42.0 Å². The van der Waals surface area contributed by atoms with Crippen LogP contribution in [0, 0.1) is 0 Å². The number of hydrogen-bond acceptors (Lipinski definition) is 5. The van der Waals surface area contributed by atoms with Gasteiger partial charge >= 0.3 is 0 Å². The van der Waals surface area contributed by atoms with Crippen molar-refractivity contribution in [2.75, 3.05) is 5.75 Å². The van der Waals surface area contributed by atoms with Crippen molar-refractivity contribution in [3.63, 3.8) is 0 Å². The summed E-state index contributed by atoms with van der Waals surface area (Å²) in [5.41, 5.74) is 0. The van der Waals surface area contributed by atoms with Gasteiger partial charge < -0.3 is 4.57 Å². The van der Waals surface area contributed by atoms with E-state index in [9.17, 15) is 0 Å². The third kappa shape index (κ3) is 5.26. The van der Waals surface area contributed by atoms with Gasteiger partial charge in [0.05, 0.1) is 0 Å². The minimum Gasteiger partial charge on any atom is -0.303 e. The third-order valence-electron chi connectivity index (χ3n) is 5.41. The average Bonchev–Trinajstić information content (AvgIpc) is 3.48. The lowest BCUT2D eigenvalue weighted by atomic mass is 9.95. The van der Waals surface area contributed by atoms with Crippen LogP contribution in [0.15, 0.2) is 41.1 Å². The van der Waals surface area contributed by atoms with Gasteiger partial charge in [-0.25, -0.2) is 0 Å². The summed E-state index contributed by atoms with van der Waals surface area (Å²) >= 11 is 3.71. The topological polar surface area (TPSA) is 48.5 Å². The fourth-order valence-electron chi connectivity index (χ4n) is 3.95. The van der Waals surface area contributed by atoms with Gasteiger partial charge in [0.2, 0.25) is 0 Å². The van der Waals surface area contributed by atoms with E-state index >= 15 is 0 Å². The van der Waals surface area contributed by atoms with E-state index in [0.717, 1.165) is 29.7 Å². The van der Waals surface area contributed by atoms with Crippen molar-refractivity contribution in [1.82, 2.24) is 24.5 Å². The molecule has 3 aromatic heterocycles. The molecule has 0 unspecified atom stereocenters.